The molecule has 0 heterocycles. The van der Waals surface area contributed by atoms with Crippen LogP contribution in [0.1, 0.15) is 11.1 Å². The van der Waals surface area contributed by atoms with Crippen LogP contribution in [0.4, 0.5) is 0 Å². The van der Waals surface area contributed by atoms with Crippen molar-refractivity contribution >= 4 is 51.6 Å². The Hall–Kier alpha value is -1.36. The average Bonchev–Trinajstić information content (AvgIpc) is 2.66. The number of guanidine groups is 1. The van der Waals surface area contributed by atoms with Crippen LogP contribution in [-0.4, -0.2) is 40.3 Å². The molecular formula is C19H26ClIN4O2S. The predicted molar refractivity (Wildman–Crippen MR) is 127 cm³/mol. The molecule has 2 rings (SSSR count). The predicted octanol–water partition coefficient (Wildman–Crippen LogP) is 2.79. The third-order valence-electron chi connectivity index (χ3n) is 3.82. The zero-order chi connectivity index (χ0) is 19.5. The van der Waals surface area contributed by atoms with E-state index >= 15 is 0 Å². The molecule has 0 saturated heterocycles. The minimum Gasteiger partial charge on any atom is -0.356 e. The van der Waals surface area contributed by atoms with Gasteiger partial charge >= 0.3 is 0 Å². The van der Waals surface area contributed by atoms with Gasteiger partial charge in [-0.1, -0.05) is 54.1 Å². The zero-order valence-electron chi connectivity index (χ0n) is 15.7. The van der Waals surface area contributed by atoms with Crippen molar-refractivity contribution in [2.75, 3.05) is 25.9 Å². The van der Waals surface area contributed by atoms with E-state index in [1.807, 2.05) is 54.6 Å². The van der Waals surface area contributed by atoms with Crippen LogP contribution in [0.3, 0.4) is 0 Å². The molecule has 28 heavy (non-hydrogen) atoms. The van der Waals surface area contributed by atoms with Crippen molar-refractivity contribution in [2.45, 2.75) is 13.0 Å². The van der Waals surface area contributed by atoms with Gasteiger partial charge in [0.05, 0.1) is 5.75 Å². The summed E-state index contributed by atoms with van der Waals surface area (Å²) < 4.78 is 26.8. The van der Waals surface area contributed by atoms with Crippen LogP contribution in [0.2, 0.25) is 5.02 Å². The smallest absolute Gasteiger partial charge is 0.213 e. The number of nitrogens with zero attached hydrogens (tertiary/aromatic N) is 1. The van der Waals surface area contributed by atoms with Gasteiger partial charge in [0.1, 0.15) is 0 Å². The van der Waals surface area contributed by atoms with E-state index in [9.17, 15) is 8.42 Å². The van der Waals surface area contributed by atoms with Crippen molar-refractivity contribution < 1.29 is 8.42 Å². The summed E-state index contributed by atoms with van der Waals surface area (Å²) in [5.41, 5.74) is 2.05. The van der Waals surface area contributed by atoms with Crippen molar-refractivity contribution in [3.05, 3.63) is 70.7 Å². The number of aliphatic imine (C=N–C) groups is 1. The van der Waals surface area contributed by atoms with Crippen molar-refractivity contribution in [1.82, 2.24) is 15.4 Å². The van der Waals surface area contributed by atoms with Gasteiger partial charge in [-0.15, -0.1) is 24.0 Å². The highest BCUT2D eigenvalue weighted by molar-refractivity contribution is 14.0. The van der Waals surface area contributed by atoms with E-state index in [1.165, 1.54) is 0 Å². The number of nitrogens with one attached hydrogen (secondary N) is 3. The summed E-state index contributed by atoms with van der Waals surface area (Å²) in [5, 5.41) is 6.89. The fourth-order valence-corrected chi connectivity index (χ4v) is 3.52. The van der Waals surface area contributed by atoms with Gasteiger partial charge in [0.2, 0.25) is 10.0 Å². The summed E-state index contributed by atoms with van der Waals surface area (Å²) in [7, 11) is -1.71. The number of benzene rings is 2. The summed E-state index contributed by atoms with van der Waals surface area (Å²) in [6.45, 7) is 1.22. The Morgan fingerprint density at radius 2 is 1.68 bits per heavy atom. The highest BCUT2D eigenvalue weighted by Gasteiger charge is 2.10. The Morgan fingerprint density at radius 3 is 2.36 bits per heavy atom. The summed E-state index contributed by atoms with van der Waals surface area (Å²) >= 11 is 5.97. The molecular weight excluding hydrogens is 511 g/mol. The second-order valence-electron chi connectivity index (χ2n) is 5.93. The molecule has 0 aliphatic rings. The van der Waals surface area contributed by atoms with Crippen LogP contribution in [0.15, 0.2) is 59.6 Å². The number of hydrogen-bond donors (Lipinski definition) is 3. The molecule has 6 nitrogen and oxygen atoms in total. The molecule has 0 atom stereocenters. The summed E-state index contributed by atoms with van der Waals surface area (Å²) in [4.78, 5) is 4.10. The molecule has 2 aromatic carbocycles. The second kappa shape index (κ2) is 13.0. The molecule has 2 aromatic rings. The van der Waals surface area contributed by atoms with Crippen LogP contribution >= 0.6 is 35.6 Å². The largest absolute Gasteiger partial charge is 0.356 e. The molecule has 0 radical (unpaired) electrons. The third-order valence-corrected chi connectivity index (χ3v) is 5.38. The fraction of sp³-hybridized carbons (Fsp3) is 0.316. The van der Waals surface area contributed by atoms with Gasteiger partial charge in [0.25, 0.3) is 0 Å². The molecule has 0 aliphatic heterocycles. The maximum Gasteiger partial charge on any atom is 0.213 e. The maximum atomic E-state index is 12.1. The lowest BCUT2D eigenvalue weighted by atomic mass is 10.1. The Bertz CT molecular complexity index is 848. The Morgan fingerprint density at radius 1 is 1.00 bits per heavy atom. The minimum absolute atomic E-state index is 0. The maximum absolute atomic E-state index is 12.1. The van der Waals surface area contributed by atoms with Crippen LogP contribution in [-0.2, 0) is 23.0 Å². The van der Waals surface area contributed by atoms with Gasteiger partial charge < -0.3 is 10.6 Å². The van der Waals surface area contributed by atoms with E-state index in [-0.39, 0.29) is 42.8 Å². The second-order valence-corrected chi connectivity index (χ2v) is 8.29. The number of rotatable bonds is 9. The topological polar surface area (TPSA) is 82.6 Å². The summed E-state index contributed by atoms with van der Waals surface area (Å²) in [6, 6.07) is 17.1. The van der Waals surface area contributed by atoms with Crippen LogP contribution in [0, 0.1) is 0 Å². The molecule has 0 aromatic heterocycles. The van der Waals surface area contributed by atoms with Crippen LogP contribution in [0.25, 0.3) is 0 Å². The van der Waals surface area contributed by atoms with E-state index in [0.29, 0.717) is 17.5 Å². The highest BCUT2D eigenvalue weighted by atomic mass is 127. The monoisotopic (exact) mass is 536 g/mol. The zero-order valence-corrected chi connectivity index (χ0v) is 19.6. The van der Waals surface area contributed by atoms with E-state index < -0.39 is 10.0 Å². The molecule has 9 heteroatoms. The van der Waals surface area contributed by atoms with Crippen LogP contribution in [0.5, 0.6) is 0 Å². The lowest BCUT2D eigenvalue weighted by Gasteiger charge is -2.12. The van der Waals surface area contributed by atoms with Gasteiger partial charge in [0.15, 0.2) is 5.96 Å². The molecule has 0 amide bonds. The molecule has 154 valence electrons. The SMILES string of the molecule is CN=C(NCCc1cccc(Cl)c1)NCCS(=O)(=O)NCc1ccccc1.I. The van der Waals surface area contributed by atoms with E-state index in [4.69, 9.17) is 11.6 Å². The molecule has 0 fully saturated rings. The molecule has 3 N–H and O–H groups in total. The standard InChI is InChI=1S/C19H25ClN4O2S.HI/c1-21-19(22-11-10-16-8-5-9-18(20)14-16)23-12-13-27(25,26)24-15-17-6-3-2-4-7-17;/h2-9,14,24H,10-13,15H2,1H3,(H2,21,22,23);1H. The quantitative estimate of drug-likeness (QED) is 0.262. The number of halogens is 2. The molecule has 0 aliphatic carbocycles. The normalized spacial score (nSPS) is 11.6. The Balaban J connectivity index is 0.00000392. The first kappa shape index (κ1) is 24.7. The molecule has 0 spiro atoms. The van der Waals surface area contributed by atoms with Gasteiger partial charge in [0, 0.05) is 31.7 Å². The first-order valence-corrected chi connectivity index (χ1v) is 10.7. The summed E-state index contributed by atoms with van der Waals surface area (Å²) in [5.74, 6) is 0.532. The van der Waals surface area contributed by atoms with Crippen molar-refractivity contribution in [3.8, 4) is 0 Å². The minimum atomic E-state index is -3.36. The van der Waals surface area contributed by atoms with Gasteiger partial charge in [-0.2, -0.15) is 0 Å². The first-order valence-electron chi connectivity index (χ1n) is 8.69. The van der Waals surface area contributed by atoms with E-state index in [2.05, 4.69) is 20.3 Å². The van der Waals surface area contributed by atoms with Gasteiger partial charge in [-0.05, 0) is 29.7 Å². The number of sulfonamides is 1. The van der Waals surface area contributed by atoms with Crippen molar-refractivity contribution in [1.29, 1.82) is 0 Å². The van der Waals surface area contributed by atoms with E-state index in [0.717, 1.165) is 17.5 Å². The molecule has 0 saturated carbocycles. The molecule has 0 unspecified atom stereocenters. The highest BCUT2D eigenvalue weighted by Crippen LogP contribution is 2.10. The van der Waals surface area contributed by atoms with Crippen molar-refractivity contribution in [2.24, 2.45) is 4.99 Å². The molecule has 0 bridgehead atoms. The lowest BCUT2D eigenvalue weighted by Crippen LogP contribution is -2.41. The average molecular weight is 537 g/mol. The Kier molecular flexibility index (Phi) is 11.4. The fourth-order valence-electron chi connectivity index (χ4n) is 2.40. The first-order chi connectivity index (χ1) is 13.0. The van der Waals surface area contributed by atoms with Crippen LogP contribution < -0.4 is 15.4 Å². The van der Waals surface area contributed by atoms with E-state index in [1.54, 1.807) is 7.05 Å². The van der Waals surface area contributed by atoms with Gasteiger partial charge in [-0.3, -0.25) is 4.99 Å². The van der Waals surface area contributed by atoms with Crippen molar-refractivity contribution in [3.63, 3.8) is 0 Å². The lowest BCUT2D eigenvalue weighted by molar-refractivity contribution is 0.580. The number of hydrogen-bond acceptors (Lipinski definition) is 3. The van der Waals surface area contributed by atoms with Gasteiger partial charge in [-0.25, -0.2) is 13.1 Å². The third kappa shape index (κ3) is 9.72. The Labute approximate surface area is 189 Å². The summed E-state index contributed by atoms with van der Waals surface area (Å²) in [6.07, 6.45) is 0.790.